The van der Waals surface area contributed by atoms with Gasteiger partial charge in [0.05, 0.1) is 0 Å². The first-order valence-corrected chi connectivity index (χ1v) is 8.91. The van der Waals surface area contributed by atoms with Crippen LogP contribution >= 0.6 is 0 Å². The van der Waals surface area contributed by atoms with E-state index in [0.29, 0.717) is 11.5 Å². The zero-order chi connectivity index (χ0) is 17.0. The zero-order valence-electron chi connectivity index (χ0n) is 15.6. The molecule has 0 spiro atoms. The summed E-state index contributed by atoms with van der Waals surface area (Å²) >= 11 is 0. The molecule has 1 aliphatic rings. The molecule has 1 N–H and O–H groups in total. The van der Waals surface area contributed by atoms with E-state index in [1.165, 1.54) is 16.7 Å². The van der Waals surface area contributed by atoms with Crippen LogP contribution in [0.15, 0.2) is 18.2 Å². The predicted octanol–water partition coefficient (Wildman–Crippen LogP) is 3.22. The van der Waals surface area contributed by atoms with Crippen LogP contribution in [0.2, 0.25) is 0 Å². The number of hydrogen-bond acceptors (Lipinski definition) is 3. The summed E-state index contributed by atoms with van der Waals surface area (Å²) in [5.74, 6) is 0. The fourth-order valence-corrected chi connectivity index (χ4v) is 3.76. The van der Waals surface area contributed by atoms with E-state index >= 15 is 0 Å². The second kappa shape index (κ2) is 7.78. The molecule has 1 aromatic rings. The van der Waals surface area contributed by atoms with Crippen molar-refractivity contribution < 1.29 is 5.11 Å². The highest BCUT2D eigenvalue weighted by molar-refractivity contribution is 5.28. The molecule has 0 aliphatic carbocycles. The molecule has 0 unspecified atom stereocenters. The number of piperazine rings is 1. The molecule has 1 aromatic carbocycles. The largest absolute Gasteiger partial charge is 0.396 e. The molecule has 0 bridgehead atoms. The fraction of sp³-hybridized carbons (Fsp3) is 0.700. The van der Waals surface area contributed by atoms with Gasteiger partial charge in [-0.05, 0) is 31.2 Å². The topological polar surface area (TPSA) is 26.7 Å². The van der Waals surface area contributed by atoms with Crippen molar-refractivity contribution >= 4 is 0 Å². The Morgan fingerprint density at radius 1 is 1.09 bits per heavy atom. The van der Waals surface area contributed by atoms with E-state index in [-0.39, 0.29) is 6.61 Å². The Balaban J connectivity index is 2.00. The van der Waals surface area contributed by atoms with Crippen LogP contribution in [0.4, 0.5) is 0 Å². The van der Waals surface area contributed by atoms with Gasteiger partial charge in [-0.2, -0.15) is 0 Å². The maximum atomic E-state index is 9.44. The SMILES string of the molecule is Cc1cc(C)cc(CN2CCN(CC(C)(C)C)[C@H](CCO)C2)c1. The molecule has 1 fully saturated rings. The second-order valence-corrected chi connectivity index (χ2v) is 8.43. The van der Waals surface area contributed by atoms with E-state index in [1.54, 1.807) is 0 Å². The average molecular weight is 319 g/mol. The monoisotopic (exact) mass is 318 g/mol. The van der Waals surface area contributed by atoms with Gasteiger partial charge < -0.3 is 5.11 Å². The molecule has 1 atom stereocenters. The van der Waals surface area contributed by atoms with Crippen molar-refractivity contribution in [3.8, 4) is 0 Å². The third-order valence-corrected chi connectivity index (χ3v) is 4.52. The highest BCUT2D eigenvalue weighted by atomic mass is 16.3. The van der Waals surface area contributed by atoms with Crippen LogP contribution < -0.4 is 0 Å². The third kappa shape index (κ3) is 5.91. The van der Waals surface area contributed by atoms with Crippen molar-refractivity contribution in [3.05, 3.63) is 34.9 Å². The minimum Gasteiger partial charge on any atom is -0.396 e. The van der Waals surface area contributed by atoms with Crippen LogP contribution in [0.1, 0.15) is 43.9 Å². The van der Waals surface area contributed by atoms with Crippen LogP contribution in [-0.4, -0.2) is 53.7 Å². The summed E-state index contributed by atoms with van der Waals surface area (Å²) in [6, 6.07) is 7.31. The Morgan fingerprint density at radius 2 is 1.74 bits per heavy atom. The standard InChI is InChI=1S/C20H34N2O/c1-16-10-17(2)12-18(11-16)13-21-7-8-22(15-20(3,4)5)19(14-21)6-9-23/h10-12,19,23H,6-9,13-15H2,1-5H3/t19-/m1/s1. The smallest absolute Gasteiger partial charge is 0.0446 e. The van der Waals surface area contributed by atoms with Gasteiger partial charge in [0.2, 0.25) is 0 Å². The molecule has 0 radical (unpaired) electrons. The van der Waals surface area contributed by atoms with Gasteiger partial charge in [-0.1, -0.05) is 50.1 Å². The van der Waals surface area contributed by atoms with Crippen molar-refractivity contribution in [1.29, 1.82) is 0 Å². The lowest BCUT2D eigenvalue weighted by Crippen LogP contribution is -2.54. The number of aliphatic hydroxyl groups excluding tert-OH is 1. The fourth-order valence-electron chi connectivity index (χ4n) is 3.76. The summed E-state index contributed by atoms with van der Waals surface area (Å²) < 4.78 is 0. The predicted molar refractivity (Wildman–Crippen MR) is 97.7 cm³/mol. The van der Waals surface area contributed by atoms with Gasteiger partial charge in [-0.15, -0.1) is 0 Å². The first kappa shape index (κ1) is 18.4. The highest BCUT2D eigenvalue weighted by Gasteiger charge is 2.29. The Hall–Kier alpha value is -0.900. The molecule has 1 saturated heterocycles. The van der Waals surface area contributed by atoms with Gasteiger partial charge in [0, 0.05) is 45.4 Å². The van der Waals surface area contributed by atoms with Crippen LogP contribution in [0.25, 0.3) is 0 Å². The Morgan fingerprint density at radius 3 is 2.30 bits per heavy atom. The molecule has 3 heteroatoms. The molecule has 23 heavy (non-hydrogen) atoms. The van der Waals surface area contributed by atoms with Gasteiger partial charge in [-0.3, -0.25) is 9.80 Å². The number of aryl methyl sites for hydroxylation is 2. The lowest BCUT2D eigenvalue weighted by atomic mass is 9.94. The summed E-state index contributed by atoms with van der Waals surface area (Å²) in [5.41, 5.74) is 4.41. The van der Waals surface area contributed by atoms with E-state index in [2.05, 4.69) is 62.6 Å². The maximum Gasteiger partial charge on any atom is 0.0446 e. The van der Waals surface area contributed by atoms with Crippen LogP contribution in [0, 0.1) is 19.3 Å². The molecular formula is C20H34N2O. The number of aliphatic hydroxyl groups is 1. The minimum atomic E-state index is 0.280. The van der Waals surface area contributed by atoms with Crippen LogP contribution in [-0.2, 0) is 6.54 Å². The lowest BCUT2D eigenvalue weighted by molar-refractivity contribution is 0.0340. The molecule has 1 heterocycles. The van der Waals surface area contributed by atoms with Crippen molar-refractivity contribution in [3.63, 3.8) is 0 Å². The Labute approximate surface area is 142 Å². The highest BCUT2D eigenvalue weighted by Crippen LogP contribution is 2.22. The number of hydrogen-bond donors (Lipinski definition) is 1. The van der Waals surface area contributed by atoms with E-state index in [1.807, 2.05) is 0 Å². The quantitative estimate of drug-likeness (QED) is 0.903. The summed E-state index contributed by atoms with van der Waals surface area (Å²) in [7, 11) is 0. The van der Waals surface area contributed by atoms with E-state index in [4.69, 9.17) is 0 Å². The van der Waals surface area contributed by atoms with Gasteiger partial charge in [0.15, 0.2) is 0 Å². The zero-order valence-corrected chi connectivity index (χ0v) is 15.6. The number of benzene rings is 1. The Kier molecular flexibility index (Phi) is 6.24. The van der Waals surface area contributed by atoms with Gasteiger partial charge >= 0.3 is 0 Å². The second-order valence-electron chi connectivity index (χ2n) is 8.43. The molecule has 0 amide bonds. The lowest BCUT2D eigenvalue weighted by Gasteiger charge is -2.44. The van der Waals surface area contributed by atoms with Crippen LogP contribution in [0.3, 0.4) is 0 Å². The van der Waals surface area contributed by atoms with Gasteiger partial charge in [-0.25, -0.2) is 0 Å². The summed E-state index contributed by atoms with van der Waals surface area (Å²) in [4.78, 5) is 5.13. The van der Waals surface area contributed by atoms with E-state index < -0.39 is 0 Å². The normalized spacial score (nSPS) is 20.9. The van der Waals surface area contributed by atoms with Gasteiger partial charge in [0.1, 0.15) is 0 Å². The van der Waals surface area contributed by atoms with Crippen molar-refractivity contribution in [2.24, 2.45) is 5.41 Å². The van der Waals surface area contributed by atoms with E-state index in [0.717, 1.165) is 39.1 Å². The molecule has 2 rings (SSSR count). The molecule has 0 saturated carbocycles. The molecular weight excluding hydrogens is 284 g/mol. The first-order chi connectivity index (χ1) is 10.8. The summed E-state index contributed by atoms with van der Waals surface area (Å²) in [6.45, 7) is 16.9. The number of nitrogens with zero attached hydrogens (tertiary/aromatic N) is 2. The molecule has 0 aromatic heterocycles. The summed E-state index contributed by atoms with van der Waals surface area (Å²) in [6.07, 6.45) is 0.874. The number of rotatable bonds is 5. The van der Waals surface area contributed by atoms with E-state index in [9.17, 15) is 5.11 Å². The molecule has 3 nitrogen and oxygen atoms in total. The third-order valence-electron chi connectivity index (χ3n) is 4.52. The summed E-state index contributed by atoms with van der Waals surface area (Å²) in [5, 5.41) is 9.44. The van der Waals surface area contributed by atoms with Crippen LogP contribution in [0.5, 0.6) is 0 Å². The van der Waals surface area contributed by atoms with Crippen molar-refractivity contribution in [2.75, 3.05) is 32.8 Å². The first-order valence-electron chi connectivity index (χ1n) is 8.91. The minimum absolute atomic E-state index is 0.280. The van der Waals surface area contributed by atoms with Crippen molar-refractivity contribution in [2.45, 2.75) is 53.6 Å². The maximum absolute atomic E-state index is 9.44. The Bertz CT molecular complexity index is 487. The average Bonchev–Trinajstić information content (AvgIpc) is 2.39. The molecule has 130 valence electrons. The van der Waals surface area contributed by atoms with Crippen molar-refractivity contribution in [1.82, 2.24) is 9.80 Å². The molecule has 1 aliphatic heterocycles. The van der Waals surface area contributed by atoms with Gasteiger partial charge in [0.25, 0.3) is 0 Å².